The minimum absolute atomic E-state index is 0.0220. The summed E-state index contributed by atoms with van der Waals surface area (Å²) in [6, 6.07) is 0. The molecule has 1 heteroatoms. The van der Waals surface area contributed by atoms with Gasteiger partial charge in [0, 0.05) is 0 Å². The molecule has 0 heterocycles. The molecule has 0 radical (unpaired) electrons. The number of fused-ring (bicyclic) bond motifs is 2. The number of aliphatic hydroxyl groups excluding tert-OH is 1. The summed E-state index contributed by atoms with van der Waals surface area (Å²) in [5.41, 5.74) is 0.433. The van der Waals surface area contributed by atoms with E-state index in [1.54, 1.807) is 0 Å². The molecule has 3 atom stereocenters. The van der Waals surface area contributed by atoms with Crippen LogP contribution >= 0.6 is 0 Å². The van der Waals surface area contributed by atoms with E-state index in [0.717, 1.165) is 12.3 Å². The van der Waals surface area contributed by atoms with E-state index in [0.29, 0.717) is 11.3 Å². The molecule has 2 aliphatic carbocycles. The highest BCUT2D eigenvalue weighted by atomic mass is 16.3. The molecule has 2 bridgehead atoms. The second-order valence-corrected chi connectivity index (χ2v) is 4.70. The van der Waals surface area contributed by atoms with E-state index in [9.17, 15) is 5.11 Å². The van der Waals surface area contributed by atoms with Gasteiger partial charge >= 0.3 is 0 Å². The van der Waals surface area contributed by atoms with E-state index in [4.69, 9.17) is 0 Å². The number of rotatable bonds is 0. The van der Waals surface area contributed by atoms with Crippen LogP contribution in [0.4, 0.5) is 0 Å². The smallest absolute Gasteiger partial charge is 0.0576 e. The van der Waals surface area contributed by atoms with Crippen LogP contribution in [0.1, 0.15) is 33.1 Å². The third-order valence-corrected chi connectivity index (χ3v) is 3.45. The van der Waals surface area contributed by atoms with E-state index < -0.39 is 0 Å². The quantitative estimate of drug-likeness (QED) is 0.544. The van der Waals surface area contributed by atoms with Crippen LogP contribution < -0.4 is 0 Å². The minimum Gasteiger partial charge on any atom is -0.393 e. The van der Waals surface area contributed by atoms with Gasteiger partial charge in [-0.15, -0.1) is 0 Å². The molecule has 1 nitrogen and oxygen atoms in total. The Bertz CT molecular complexity index is 151. The molecule has 2 aliphatic rings. The normalized spacial score (nSPS) is 50.1. The van der Waals surface area contributed by atoms with Gasteiger partial charge in [0.1, 0.15) is 0 Å². The van der Waals surface area contributed by atoms with Crippen molar-refractivity contribution in [2.75, 3.05) is 0 Å². The van der Waals surface area contributed by atoms with Crippen LogP contribution in [-0.4, -0.2) is 11.2 Å². The van der Waals surface area contributed by atoms with Crippen LogP contribution in [0.3, 0.4) is 0 Å². The maximum Gasteiger partial charge on any atom is 0.0576 e. The summed E-state index contributed by atoms with van der Waals surface area (Å²) in [6.45, 7) is 4.58. The van der Waals surface area contributed by atoms with Crippen molar-refractivity contribution in [2.24, 2.45) is 17.3 Å². The first-order valence-corrected chi connectivity index (χ1v) is 4.28. The zero-order chi connectivity index (χ0) is 7.35. The first kappa shape index (κ1) is 6.66. The average Bonchev–Trinajstić information content (AvgIpc) is 2.18. The third kappa shape index (κ3) is 0.731. The molecule has 2 saturated carbocycles. The second kappa shape index (κ2) is 1.76. The number of hydrogen-bond donors (Lipinski definition) is 1. The van der Waals surface area contributed by atoms with Crippen LogP contribution in [-0.2, 0) is 0 Å². The molecule has 0 aliphatic heterocycles. The van der Waals surface area contributed by atoms with E-state index >= 15 is 0 Å². The molecule has 0 aromatic heterocycles. The topological polar surface area (TPSA) is 20.2 Å². The summed E-state index contributed by atoms with van der Waals surface area (Å²) >= 11 is 0. The fraction of sp³-hybridized carbons (Fsp3) is 1.00. The maximum absolute atomic E-state index is 9.55. The molecular formula is C9H16O. The minimum atomic E-state index is 0.0220. The van der Waals surface area contributed by atoms with Gasteiger partial charge in [-0.2, -0.15) is 0 Å². The van der Waals surface area contributed by atoms with Crippen LogP contribution in [0.5, 0.6) is 0 Å². The lowest BCUT2D eigenvalue weighted by molar-refractivity contribution is 0.0430. The Morgan fingerprint density at radius 3 is 2.30 bits per heavy atom. The fourth-order valence-corrected chi connectivity index (χ4v) is 3.02. The molecule has 1 N–H and O–H groups in total. The highest BCUT2D eigenvalue weighted by molar-refractivity contribution is 5.00. The predicted molar refractivity (Wildman–Crippen MR) is 40.6 cm³/mol. The van der Waals surface area contributed by atoms with Gasteiger partial charge in [-0.25, -0.2) is 0 Å². The van der Waals surface area contributed by atoms with Crippen molar-refractivity contribution in [3.63, 3.8) is 0 Å². The van der Waals surface area contributed by atoms with Crippen molar-refractivity contribution < 1.29 is 5.11 Å². The van der Waals surface area contributed by atoms with Crippen molar-refractivity contribution >= 4 is 0 Å². The van der Waals surface area contributed by atoms with Gasteiger partial charge in [-0.05, 0) is 36.5 Å². The average molecular weight is 140 g/mol. The summed E-state index contributed by atoms with van der Waals surface area (Å²) in [5.74, 6) is 1.45. The van der Waals surface area contributed by atoms with Crippen molar-refractivity contribution in [1.82, 2.24) is 0 Å². The standard InChI is InChI=1S/C9H16O/c1-9(2)5-6-3-7(9)8(10)4-6/h6-8,10H,3-5H2,1-2H3. The molecule has 2 rings (SSSR count). The lowest BCUT2D eigenvalue weighted by Crippen LogP contribution is -2.30. The molecule has 10 heavy (non-hydrogen) atoms. The van der Waals surface area contributed by atoms with Gasteiger partial charge in [0.25, 0.3) is 0 Å². The predicted octanol–water partition coefficient (Wildman–Crippen LogP) is 1.80. The molecule has 0 aromatic rings. The van der Waals surface area contributed by atoms with Gasteiger partial charge in [0.2, 0.25) is 0 Å². The Balaban J connectivity index is 2.20. The van der Waals surface area contributed by atoms with Crippen LogP contribution in [0.2, 0.25) is 0 Å². The Kier molecular flexibility index (Phi) is 1.17. The molecule has 0 spiro atoms. The van der Waals surface area contributed by atoms with Crippen LogP contribution in [0.15, 0.2) is 0 Å². The van der Waals surface area contributed by atoms with Gasteiger partial charge in [0.05, 0.1) is 6.10 Å². The molecule has 3 unspecified atom stereocenters. The summed E-state index contributed by atoms with van der Waals surface area (Å²) in [7, 11) is 0. The highest BCUT2D eigenvalue weighted by Crippen LogP contribution is 2.55. The number of hydrogen-bond acceptors (Lipinski definition) is 1. The Morgan fingerprint density at radius 1 is 1.30 bits per heavy atom. The zero-order valence-electron chi connectivity index (χ0n) is 6.80. The van der Waals surface area contributed by atoms with E-state index in [-0.39, 0.29) is 6.10 Å². The summed E-state index contributed by atoms with van der Waals surface area (Å²) < 4.78 is 0. The van der Waals surface area contributed by atoms with E-state index in [1.807, 2.05) is 0 Å². The van der Waals surface area contributed by atoms with Crippen molar-refractivity contribution in [3.05, 3.63) is 0 Å². The summed E-state index contributed by atoms with van der Waals surface area (Å²) in [6.07, 6.45) is 3.73. The molecule has 0 aromatic carbocycles. The van der Waals surface area contributed by atoms with Gasteiger partial charge in [0.15, 0.2) is 0 Å². The van der Waals surface area contributed by atoms with E-state index in [1.165, 1.54) is 12.8 Å². The molecule has 58 valence electrons. The zero-order valence-corrected chi connectivity index (χ0v) is 6.80. The second-order valence-electron chi connectivity index (χ2n) is 4.70. The Labute approximate surface area is 62.4 Å². The third-order valence-electron chi connectivity index (χ3n) is 3.45. The highest BCUT2D eigenvalue weighted by Gasteiger charge is 2.49. The largest absolute Gasteiger partial charge is 0.393 e. The first-order chi connectivity index (χ1) is 4.59. The van der Waals surface area contributed by atoms with Crippen LogP contribution in [0.25, 0.3) is 0 Å². The maximum atomic E-state index is 9.55. The fourth-order valence-electron chi connectivity index (χ4n) is 3.02. The molecule has 0 saturated heterocycles. The van der Waals surface area contributed by atoms with Crippen LogP contribution in [0, 0.1) is 17.3 Å². The van der Waals surface area contributed by atoms with Gasteiger partial charge in [-0.3, -0.25) is 0 Å². The SMILES string of the molecule is CC1(C)CC2CC(O)C1C2. The monoisotopic (exact) mass is 140 g/mol. The summed E-state index contributed by atoms with van der Waals surface area (Å²) in [4.78, 5) is 0. The Hall–Kier alpha value is -0.0400. The Morgan fingerprint density at radius 2 is 2.00 bits per heavy atom. The summed E-state index contributed by atoms with van der Waals surface area (Å²) in [5, 5.41) is 9.55. The van der Waals surface area contributed by atoms with Gasteiger partial charge < -0.3 is 5.11 Å². The molecule has 0 amide bonds. The molecular weight excluding hydrogens is 124 g/mol. The van der Waals surface area contributed by atoms with Crippen molar-refractivity contribution in [3.8, 4) is 0 Å². The number of aliphatic hydroxyl groups is 1. The van der Waals surface area contributed by atoms with Crippen molar-refractivity contribution in [1.29, 1.82) is 0 Å². The lowest BCUT2D eigenvalue weighted by atomic mass is 9.75. The van der Waals surface area contributed by atoms with Crippen molar-refractivity contribution in [2.45, 2.75) is 39.2 Å². The molecule has 2 fully saturated rings. The van der Waals surface area contributed by atoms with Gasteiger partial charge in [-0.1, -0.05) is 13.8 Å². The lowest BCUT2D eigenvalue weighted by Gasteiger charge is -2.32. The first-order valence-electron chi connectivity index (χ1n) is 4.28. The van der Waals surface area contributed by atoms with E-state index in [2.05, 4.69) is 13.8 Å².